The van der Waals surface area contributed by atoms with Gasteiger partial charge >= 0.3 is 0 Å². The average molecular weight is 393 g/mol. The average Bonchev–Trinajstić information content (AvgIpc) is 2.88. The van der Waals surface area contributed by atoms with Crippen molar-refractivity contribution in [1.82, 2.24) is 9.47 Å². The number of likely N-dealkylation sites (tertiary alicyclic amines) is 1. The molecule has 0 saturated carbocycles. The van der Waals surface area contributed by atoms with Gasteiger partial charge in [0.2, 0.25) is 0 Å². The molecule has 1 aliphatic rings. The second-order valence-electron chi connectivity index (χ2n) is 8.34. The van der Waals surface area contributed by atoms with E-state index in [0.29, 0.717) is 5.75 Å². The Bertz CT molecular complexity index is 951. The normalized spacial score (nSPS) is 15.6. The summed E-state index contributed by atoms with van der Waals surface area (Å²) in [6, 6.07) is 13.1. The van der Waals surface area contributed by atoms with Crippen molar-refractivity contribution in [3.8, 4) is 22.8 Å². The van der Waals surface area contributed by atoms with E-state index in [9.17, 15) is 10.2 Å². The summed E-state index contributed by atoms with van der Waals surface area (Å²) in [5.74, 6) is 0.584. The summed E-state index contributed by atoms with van der Waals surface area (Å²) in [4.78, 5) is 2.63. The van der Waals surface area contributed by atoms with E-state index in [-0.39, 0.29) is 5.75 Å². The minimum atomic E-state index is 0.282. The second-order valence-corrected chi connectivity index (χ2v) is 8.34. The van der Waals surface area contributed by atoms with Crippen LogP contribution in [0.2, 0.25) is 0 Å². The number of aromatic nitrogens is 1. The van der Waals surface area contributed by atoms with Crippen LogP contribution in [-0.4, -0.2) is 39.3 Å². The van der Waals surface area contributed by atoms with Crippen LogP contribution < -0.4 is 0 Å². The van der Waals surface area contributed by atoms with Gasteiger partial charge in [-0.15, -0.1) is 0 Å². The van der Waals surface area contributed by atoms with Crippen LogP contribution in [0, 0.1) is 6.92 Å². The summed E-state index contributed by atoms with van der Waals surface area (Å²) >= 11 is 0. The molecule has 1 fully saturated rings. The molecule has 0 unspecified atom stereocenters. The lowest BCUT2D eigenvalue weighted by atomic mass is 10.1. The van der Waals surface area contributed by atoms with Crippen molar-refractivity contribution in [2.24, 2.45) is 0 Å². The Morgan fingerprint density at radius 1 is 0.793 bits per heavy atom. The van der Waals surface area contributed by atoms with Gasteiger partial charge in [-0.05, 0) is 106 Å². The quantitative estimate of drug-likeness (QED) is 0.530. The number of nitrogens with zero attached hydrogens (tertiary/aromatic N) is 2. The molecule has 3 aromatic rings. The van der Waals surface area contributed by atoms with Crippen molar-refractivity contribution in [2.75, 3.05) is 19.6 Å². The maximum absolute atomic E-state index is 10.00. The summed E-state index contributed by atoms with van der Waals surface area (Å²) in [6.45, 7) is 6.78. The number of fused-ring (bicyclic) bond motifs is 1. The molecule has 4 rings (SSSR count). The van der Waals surface area contributed by atoms with E-state index in [1.165, 1.54) is 63.0 Å². The van der Waals surface area contributed by atoms with Crippen LogP contribution in [0.4, 0.5) is 0 Å². The lowest BCUT2D eigenvalue weighted by molar-refractivity contribution is 0.277. The molecule has 0 aliphatic carbocycles. The largest absolute Gasteiger partial charge is 0.508 e. The molecule has 29 heavy (non-hydrogen) atoms. The highest BCUT2D eigenvalue weighted by Gasteiger charge is 2.16. The number of rotatable bonds is 6. The Labute approximate surface area is 173 Å². The van der Waals surface area contributed by atoms with Gasteiger partial charge in [0, 0.05) is 17.4 Å². The third-order valence-corrected chi connectivity index (χ3v) is 6.25. The van der Waals surface area contributed by atoms with Gasteiger partial charge in [0.25, 0.3) is 0 Å². The van der Waals surface area contributed by atoms with Gasteiger partial charge in [-0.25, -0.2) is 0 Å². The monoisotopic (exact) mass is 392 g/mol. The Morgan fingerprint density at radius 3 is 2.17 bits per heavy atom. The maximum Gasteiger partial charge on any atom is 0.116 e. The van der Waals surface area contributed by atoms with E-state index < -0.39 is 0 Å². The molecule has 1 saturated heterocycles. The van der Waals surface area contributed by atoms with Gasteiger partial charge < -0.3 is 19.7 Å². The van der Waals surface area contributed by atoms with E-state index in [1.54, 1.807) is 18.2 Å². The van der Waals surface area contributed by atoms with Crippen LogP contribution in [-0.2, 0) is 6.54 Å². The van der Waals surface area contributed by atoms with Gasteiger partial charge in [0.15, 0.2) is 0 Å². The topological polar surface area (TPSA) is 48.6 Å². The number of unbranched alkanes of at least 4 members (excludes halogenated alkanes) is 1. The molecule has 0 spiro atoms. The van der Waals surface area contributed by atoms with Gasteiger partial charge in [-0.3, -0.25) is 0 Å². The molecule has 4 nitrogen and oxygen atoms in total. The predicted molar refractivity (Wildman–Crippen MR) is 120 cm³/mol. The molecule has 0 bridgehead atoms. The number of phenolic OH excluding ortho intramolecular Hbond substituents is 2. The van der Waals surface area contributed by atoms with E-state index in [2.05, 4.69) is 16.4 Å². The molecule has 1 aliphatic heterocycles. The first-order valence-corrected chi connectivity index (χ1v) is 11.0. The lowest BCUT2D eigenvalue weighted by Crippen LogP contribution is -2.25. The van der Waals surface area contributed by atoms with Crippen LogP contribution in [0.1, 0.15) is 44.1 Å². The molecule has 2 heterocycles. The summed E-state index contributed by atoms with van der Waals surface area (Å²) in [6.07, 6.45) is 7.78. The zero-order valence-corrected chi connectivity index (χ0v) is 17.4. The zero-order valence-electron chi connectivity index (χ0n) is 17.4. The van der Waals surface area contributed by atoms with E-state index in [4.69, 9.17) is 0 Å². The van der Waals surface area contributed by atoms with E-state index in [1.807, 2.05) is 24.3 Å². The number of benzene rings is 2. The smallest absolute Gasteiger partial charge is 0.116 e. The van der Waals surface area contributed by atoms with Crippen LogP contribution in [0.3, 0.4) is 0 Å². The minimum absolute atomic E-state index is 0.282. The third-order valence-electron chi connectivity index (χ3n) is 6.25. The second kappa shape index (κ2) is 8.91. The minimum Gasteiger partial charge on any atom is -0.508 e. The highest BCUT2D eigenvalue weighted by molar-refractivity contribution is 5.92. The molecule has 4 heteroatoms. The van der Waals surface area contributed by atoms with Gasteiger partial charge in [-0.1, -0.05) is 12.8 Å². The summed E-state index contributed by atoms with van der Waals surface area (Å²) in [5.41, 5.74) is 4.62. The fourth-order valence-electron chi connectivity index (χ4n) is 4.70. The highest BCUT2D eigenvalue weighted by Crippen LogP contribution is 2.35. The fourth-order valence-corrected chi connectivity index (χ4v) is 4.70. The molecule has 1 aromatic heterocycles. The molecule has 0 radical (unpaired) electrons. The SMILES string of the molecule is Cc1c(-c2ccc(O)cc2)n(CCCCN2CCCCCC2)c2ccc(O)cc12. The van der Waals surface area contributed by atoms with Crippen LogP contribution in [0.25, 0.3) is 22.2 Å². The lowest BCUT2D eigenvalue weighted by Gasteiger charge is -2.20. The molecular formula is C25H32N2O2. The van der Waals surface area contributed by atoms with Crippen molar-refractivity contribution in [3.63, 3.8) is 0 Å². The van der Waals surface area contributed by atoms with Crippen molar-refractivity contribution in [1.29, 1.82) is 0 Å². The number of hydrogen-bond donors (Lipinski definition) is 2. The van der Waals surface area contributed by atoms with Crippen molar-refractivity contribution in [2.45, 2.75) is 52.0 Å². The summed E-state index contributed by atoms with van der Waals surface area (Å²) < 4.78 is 2.39. The zero-order chi connectivity index (χ0) is 20.2. The number of hydrogen-bond acceptors (Lipinski definition) is 3. The molecule has 154 valence electrons. The van der Waals surface area contributed by atoms with Crippen molar-refractivity contribution >= 4 is 10.9 Å². The fraction of sp³-hybridized carbons (Fsp3) is 0.440. The Hall–Kier alpha value is -2.46. The Morgan fingerprint density at radius 2 is 1.45 bits per heavy atom. The van der Waals surface area contributed by atoms with Gasteiger partial charge in [0.05, 0.1) is 5.69 Å². The molecule has 0 atom stereocenters. The number of aryl methyl sites for hydroxylation is 2. The van der Waals surface area contributed by atoms with E-state index in [0.717, 1.165) is 29.4 Å². The number of phenols is 2. The van der Waals surface area contributed by atoms with Crippen LogP contribution >= 0.6 is 0 Å². The first-order chi connectivity index (χ1) is 14.1. The van der Waals surface area contributed by atoms with E-state index >= 15 is 0 Å². The maximum atomic E-state index is 10.00. The standard InChI is InChI=1S/C25H32N2O2/c1-19-23-18-22(29)12-13-24(23)27(25(19)20-8-10-21(28)11-9-20)17-7-6-16-26-14-4-2-3-5-15-26/h8-13,18,28-29H,2-7,14-17H2,1H3. The van der Waals surface area contributed by atoms with Gasteiger partial charge in [-0.2, -0.15) is 0 Å². The molecule has 0 amide bonds. The van der Waals surface area contributed by atoms with Crippen LogP contribution in [0.15, 0.2) is 42.5 Å². The molecular weight excluding hydrogens is 360 g/mol. The summed E-state index contributed by atoms with van der Waals surface area (Å²) in [7, 11) is 0. The van der Waals surface area contributed by atoms with Crippen molar-refractivity contribution in [3.05, 3.63) is 48.0 Å². The molecule has 2 N–H and O–H groups in total. The van der Waals surface area contributed by atoms with Crippen molar-refractivity contribution < 1.29 is 10.2 Å². The molecule has 2 aromatic carbocycles. The first kappa shape index (κ1) is 19.8. The number of aromatic hydroxyl groups is 2. The summed E-state index contributed by atoms with van der Waals surface area (Å²) in [5, 5.41) is 20.8. The van der Waals surface area contributed by atoms with Gasteiger partial charge in [0.1, 0.15) is 11.5 Å². The van der Waals surface area contributed by atoms with Crippen LogP contribution in [0.5, 0.6) is 11.5 Å². The Kier molecular flexibility index (Phi) is 6.10. The highest BCUT2D eigenvalue weighted by atomic mass is 16.3. The predicted octanol–water partition coefficient (Wildman–Crippen LogP) is 5.68. The Balaban J connectivity index is 1.56. The third kappa shape index (κ3) is 4.43. The first-order valence-electron chi connectivity index (χ1n) is 11.0.